The number of aromatic carboxylic acids is 1. The fourth-order valence-corrected chi connectivity index (χ4v) is 2.11. The van der Waals surface area contributed by atoms with Gasteiger partial charge in [0.25, 0.3) is 5.69 Å². The lowest BCUT2D eigenvalue weighted by molar-refractivity contribution is -0.384. The topological polar surface area (TPSA) is 98.3 Å². The van der Waals surface area contributed by atoms with Crippen LogP contribution in [0.3, 0.4) is 0 Å². The highest BCUT2D eigenvalue weighted by Gasteiger charge is 2.13. The van der Waals surface area contributed by atoms with Gasteiger partial charge in [0, 0.05) is 21.9 Å². The van der Waals surface area contributed by atoms with Crippen molar-refractivity contribution in [3.63, 3.8) is 0 Å². The molecule has 0 atom stereocenters. The molecule has 0 amide bonds. The zero-order chi connectivity index (χ0) is 13.3. The van der Waals surface area contributed by atoms with E-state index < -0.39 is 10.9 Å². The van der Waals surface area contributed by atoms with E-state index in [-0.39, 0.29) is 11.4 Å². The van der Waals surface area contributed by atoms with Gasteiger partial charge in [-0.2, -0.15) is 5.10 Å². The molecule has 1 heterocycles. The van der Waals surface area contributed by atoms with Gasteiger partial charge >= 0.3 is 5.97 Å². The maximum Gasteiger partial charge on any atom is 0.356 e. The molecule has 0 saturated carbocycles. The quantitative estimate of drug-likeness (QED) is 0.514. The third kappa shape index (κ3) is 2.32. The number of rotatable bonds is 3. The van der Waals surface area contributed by atoms with Gasteiger partial charge in [0.2, 0.25) is 0 Å². The highest BCUT2D eigenvalue weighted by atomic mass is 127. The number of nitro benzene ring substituents is 1. The number of hydrogen-bond acceptors (Lipinski definition) is 4. The summed E-state index contributed by atoms with van der Waals surface area (Å²) in [5.41, 5.74) is 0.492. The first-order chi connectivity index (χ1) is 8.49. The van der Waals surface area contributed by atoms with Crippen LogP contribution in [0.4, 0.5) is 5.69 Å². The minimum absolute atomic E-state index is 0.0197. The van der Waals surface area contributed by atoms with Crippen LogP contribution in [0.15, 0.2) is 30.5 Å². The molecule has 0 fully saturated rings. The van der Waals surface area contributed by atoms with Crippen LogP contribution in [-0.4, -0.2) is 25.8 Å². The monoisotopic (exact) mass is 359 g/mol. The normalized spacial score (nSPS) is 10.3. The van der Waals surface area contributed by atoms with E-state index in [4.69, 9.17) is 5.11 Å². The zero-order valence-electron chi connectivity index (χ0n) is 8.78. The molecule has 1 aromatic heterocycles. The lowest BCUT2D eigenvalue weighted by Crippen LogP contribution is -2.02. The third-order valence-corrected chi connectivity index (χ3v) is 3.06. The number of aromatic nitrogens is 2. The van der Waals surface area contributed by atoms with Gasteiger partial charge < -0.3 is 5.11 Å². The number of carboxylic acid groups (broad SMARTS) is 1. The lowest BCUT2D eigenvalue weighted by Gasteiger charge is -2.03. The largest absolute Gasteiger partial charge is 0.476 e. The van der Waals surface area contributed by atoms with Gasteiger partial charge in [-0.1, -0.05) is 0 Å². The Hall–Kier alpha value is -1.97. The Morgan fingerprint density at radius 1 is 1.44 bits per heavy atom. The first-order valence-electron chi connectivity index (χ1n) is 4.72. The number of carboxylic acids is 1. The highest BCUT2D eigenvalue weighted by molar-refractivity contribution is 14.1. The molecule has 0 saturated heterocycles. The highest BCUT2D eigenvalue weighted by Crippen LogP contribution is 2.22. The number of nitro groups is 1. The van der Waals surface area contributed by atoms with Gasteiger partial charge in [-0.05, 0) is 34.7 Å². The number of benzene rings is 1. The van der Waals surface area contributed by atoms with Crippen LogP contribution in [0, 0.1) is 13.7 Å². The second kappa shape index (κ2) is 4.72. The summed E-state index contributed by atoms with van der Waals surface area (Å²) >= 11 is 1.94. The Morgan fingerprint density at radius 2 is 2.17 bits per heavy atom. The Balaban J connectivity index is 2.44. The summed E-state index contributed by atoms with van der Waals surface area (Å²) in [5.74, 6) is -1.12. The van der Waals surface area contributed by atoms with Gasteiger partial charge in [-0.25, -0.2) is 9.48 Å². The molecule has 0 bridgehead atoms. The predicted molar refractivity (Wildman–Crippen MR) is 69.9 cm³/mol. The van der Waals surface area contributed by atoms with Crippen molar-refractivity contribution in [2.75, 3.05) is 0 Å². The number of hydrogen-bond donors (Lipinski definition) is 1. The van der Waals surface area contributed by atoms with Crippen molar-refractivity contribution in [2.45, 2.75) is 0 Å². The molecular weight excluding hydrogens is 353 g/mol. The summed E-state index contributed by atoms with van der Waals surface area (Å²) in [6, 6.07) is 5.63. The van der Waals surface area contributed by atoms with Crippen LogP contribution in [0.5, 0.6) is 0 Å². The second-order valence-electron chi connectivity index (χ2n) is 3.34. The summed E-state index contributed by atoms with van der Waals surface area (Å²) < 4.78 is 1.98. The maximum absolute atomic E-state index is 10.7. The average Bonchev–Trinajstić information content (AvgIpc) is 2.78. The molecule has 0 aliphatic rings. The summed E-state index contributed by atoms with van der Waals surface area (Å²) in [6.45, 7) is 0. The molecule has 7 nitrogen and oxygen atoms in total. The van der Waals surface area contributed by atoms with Gasteiger partial charge in [0.05, 0.1) is 10.6 Å². The van der Waals surface area contributed by atoms with Crippen LogP contribution in [0.1, 0.15) is 10.5 Å². The van der Waals surface area contributed by atoms with E-state index in [0.29, 0.717) is 9.26 Å². The SMILES string of the molecule is O=C(O)c1ccn(-c2ccc([N+](=O)[O-])cc2I)n1. The van der Waals surface area contributed by atoms with E-state index in [1.807, 2.05) is 22.6 Å². The van der Waals surface area contributed by atoms with Crippen molar-refractivity contribution in [3.8, 4) is 5.69 Å². The number of carbonyl (C=O) groups is 1. The Morgan fingerprint density at radius 3 is 2.67 bits per heavy atom. The van der Waals surface area contributed by atoms with E-state index >= 15 is 0 Å². The van der Waals surface area contributed by atoms with Gasteiger partial charge in [0.15, 0.2) is 5.69 Å². The smallest absolute Gasteiger partial charge is 0.356 e. The van der Waals surface area contributed by atoms with E-state index in [1.54, 1.807) is 0 Å². The summed E-state index contributed by atoms with van der Waals surface area (Å²) in [6.07, 6.45) is 1.49. The van der Waals surface area contributed by atoms with Crippen molar-refractivity contribution < 1.29 is 14.8 Å². The number of halogens is 1. The fraction of sp³-hybridized carbons (Fsp3) is 0. The van der Waals surface area contributed by atoms with Crippen molar-refractivity contribution >= 4 is 34.2 Å². The zero-order valence-corrected chi connectivity index (χ0v) is 10.9. The van der Waals surface area contributed by atoms with Crippen LogP contribution in [-0.2, 0) is 0 Å². The molecule has 8 heteroatoms. The van der Waals surface area contributed by atoms with Crippen LogP contribution in [0.2, 0.25) is 0 Å². The van der Waals surface area contributed by atoms with Crippen molar-refractivity contribution in [1.29, 1.82) is 0 Å². The molecule has 1 N–H and O–H groups in total. The van der Waals surface area contributed by atoms with E-state index in [0.717, 1.165) is 0 Å². The first-order valence-corrected chi connectivity index (χ1v) is 5.80. The summed E-state index contributed by atoms with van der Waals surface area (Å²) in [4.78, 5) is 20.8. The minimum atomic E-state index is -1.12. The van der Waals surface area contributed by atoms with Gasteiger partial charge in [0.1, 0.15) is 0 Å². The van der Waals surface area contributed by atoms with Crippen LogP contribution >= 0.6 is 22.6 Å². The molecule has 1 aromatic carbocycles. The Kier molecular flexibility index (Phi) is 3.28. The molecular formula is C10H6IN3O4. The van der Waals surface area contributed by atoms with Crippen LogP contribution < -0.4 is 0 Å². The molecule has 18 heavy (non-hydrogen) atoms. The number of non-ortho nitro benzene ring substituents is 1. The third-order valence-electron chi connectivity index (χ3n) is 2.20. The van der Waals surface area contributed by atoms with Crippen molar-refractivity contribution in [1.82, 2.24) is 9.78 Å². The molecule has 2 rings (SSSR count). The second-order valence-corrected chi connectivity index (χ2v) is 4.51. The van der Waals surface area contributed by atoms with Crippen LogP contribution in [0.25, 0.3) is 5.69 Å². The standard InChI is InChI=1S/C10H6IN3O4/c11-7-5-6(14(17)18)1-2-9(7)13-4-3-8(12-13)10(15)16/h1-5H,(H,15,16). The molecule has 0 aliphatic heterocycles. The Labute approximate surface area is 114 Å². The Bertz CT molecular complexity index is 638. The molecule has 0 unspecified atom stereocenters. The summed E-state index contributed by atoms with van der Waals surface area (Å²) in [7, 11) is 0. The fourth-order valence-electron chi connectivity index (χ4n) is 1.37. The van der Waals surface area contributed by atoms with E-state index in [2.05, 4.69) is 5.10 Å². The lowest BCUT2D eigenvalue weighted by atomic mass is 10.3. The summed E-state index contributed by atoms with van der Waals surface area (Å²) in [5, 5.41) is 23.2. The molecule has 0 radical (unpaired) electrons. The minimum Gasteiger partial charge on any atom is -0.476 e. The molecule has 2 aromatic rings. The molecule has 92 valence electrons. The van der Waals surface area contributed by atoms with Gasteiger partial charge in [-0.15, -0.1) is 0 Å². The molecule has 0 spiro atoms. The predicted octanol–water partition coefficient (Wildman–Crippen LogP) is 2.08. The maximum atomic E-state index is 10.7. The van der Waals surface area contributed by atoms with Gasteiger partial charge in [-0.3, -0.25) is 10.1 Å². The van der Waals surface area contributed by atoms with E-state index in [1.165, 1.54) is 35.1 Å². The average molecular weight is 359 g/mol. The molecule has 0 aliphatic carbocycles. The van der Waals surface area contributed by atoms with Crippen molar-refractivity contribution in [3.05, 3.63) is 49.8 Å². The van der Waals surface area contributed by atoms with E-state index in [9.17, 15) is 14.9 Å². The first kappa shape index (κ1) is 12.5. The number of nitrogens with zero attached hydrogens (tertiary/aromatic N) is 3. The van der Waals surface area contributed by atoms with Crippen molar-refractivity contribution in [2.24, 2.45) is 0 Å².